The average molecular weight is 296 g/mol. The third-order valence-corrected chi connectivity index (χ3v) is 5.77. The van der Waals surface area contributed by atoms with E-state index in [1.54, 1.807) is 7.11 Å². The molecule has 3 N–H and O–H groups in total. The summed E-state index contributed by atoms with van der Waals surface area (Å²) in [5.74, 6) is -0.647. The largest absolute Gasteiger partial charge is 0.481 e. The number of urea groups is 1. The van der Waals surface area contributed by atoms with Gasteiger partial charge in [0, 0.05) is 19.7 Å². The molecule has 0 radical (unpaired) electrons. The van der Waals surface area contributed by atoms with Crippen molar-refractivity contribution in [2.24, 2.45) is 17.8 Å². The second-order valence-electron chi connectivity index (χ2n) is 6.79. The number of fused-ring (bicyclic) bond motifs is 2. The third kappa shape index (κ3) is 2.61. The van der Waals surface area contributed by atoms with Gasteiger partial charge in [-0.2, -0.15) is 0 Å². The first kappa shape index (κ1) is 14.6. The Morgan fingerprint density at radius 3 is 2.57 bits per heavy atom. The summed E-state index contributed by atoms with van der Waals surface area (Å²) in [4.78, 5) is 23.5. The van der Waals surface area contributed by atoms with Crippen molar-refractivity contribution in [2.45, 2.75) is 50.2 Å². The number of carboxylic acid groups (broad SMARTS) is 1. The van der Waals surface area contributed by atoms with E-state index in [1.165, 1.54) is 0 Å². The highest BCUT2D eigenvalue weighted by Crippen LogP contribution is 2.48. The Bertz CT molecular complexity index is 430. The van der Waals surface area contributed by atoms with Crippen LogP contribution in [0.1, 0.15) is 38.5 Å². The first-order chi connectivity index (χ1) is 10.0. The number of nitrogens with one attached hydrogen (secondary N) is 2. The van der Waals surface area contributed by atoms with Crippen LogP contribution >= 0.6 is 0 Å². The van der Waals surface area contributed by atoms with Crippen LogP contribution in [0.4, 0.5) is 4.79 Å². The number of hydrogen-bond acceptors (Lipinski definition) is 3. The molecule has 4 unspecified atom stereocenters. The van der Waals surface area contributed by atoms with Gasteiger partial charge in [-0.25, -0.2) is 4.79 Å². The van der Waals surface area contributed by atoms with Crippen molar-refractivity contribution in [2.75, 3.05) is 13.7 Å². The second-order valence-corrected chi connectivity index (χ2v) is 6.79. The zero-order valence-electron chi connectivity index (χ0n) is 12.4. The van der Waals surface area contributed by atoms with Gasteiger partial charge in [-0.15, -0.1) is 0 Å². The van der Waals surface area contributed by atoms with Crippen LogP contribution in [0.2, 0.25) is 0 Å². The summed E-state index contributed by atoms with van der Waals surface area (Å²) in [6, 6.07) is -0.483. The third-order valence-electron chi connectivity index (χ3n) is 5.77. The number of carbonyl (C=O) groups excluding carboxylic acids is 1. The number of ether oxygens (including phenoxy) is 1. The minimum absolute atomic E-state index is 0.210. The maximum atomic E-state index is 12.1. The first-order valence-corrected chi connectivity index (χ1v) is 7.87. The molecule has 21 heavy (non-hydrogen) atoms. The van der Waals surface area contributed by atoms with Gasteiger partial charge in [0.25, 0.3) is 0 Å². The van der Waals surface area contributed by atoms with Crippen LogP contribution in [0.15, 0.2) is 0 Å². The van der Waals surface area contributed by atoms with Crippen molar-refractivity contribution in [3.05, 3.63) is 0 Å². The molecule has 3 aliphatic carbocycles. The number of methoxy groups -OCH3 is 1. The maximum absolute atomic E-state index is 12.1. The summed E-state index contributed by atoms with van der Waals surface area (Å²) in [6.07, 6.45) is 6.01. The van der Waals surface area contributed by atoms with Crippen LogP contribution in [-0.2, 0) is 9.53 Å². The van der Waals surface area contributed by atoms with E-state index in [-0.39, 0.29) is 23.6 Å². The number of rotatable bonds is 5. The van der Waals surface area contributed by atoms with Gasteiger partial charge in [-0.1, -0.05) is 0 Å². The number of carboxylic acids is 1. The summed E-state index contributed by atoms with van der Waals surface area (Å²) < 4.78 is 5.47. The average Bonchev–Trinajstić information content (AvgIpc) is 2.98. The molecule has 0 aromatic heterocycles. The van der Waals surface area contributed by atoms with Crippen molar-refractivity contribution in [3.63, 3.8) is 0 Å². The molecule has 0 aliphatic heterocycles. The van der Waals surface area contributed by atoms with E-state index < -0.39 is 11.9 Å². The molecule has 118 valence electrons. The van der Waals surface area contributed by atoms with Gasteiger partial charge in [-0.05, 0) is 50.4 Å². The van der Waals surface area contributed by atoms with Gasteiger partial charge in [0.05, 0.1) is 11.5 Å². The number of hydrogen-bond donors (Lipinski definition) is 3. The highest BCUT2D eigenvalue weighted by Gasteiger charge is 2.51. The van der Waals surface area contributed by atoms with Crippen LogP contribution in [0.5, 0.6) is 0 Å². The summed E-state index contributed by atoms with van der Waals surface area (Å²) in [5, 5.41) is 15.1. The topological polar surface area (TPSA) is 87.7 Å². The van der Waals surface area contributed by atoms with Crippen LogP contribution in [-0.4, -0.2) is 42.4 Å². The number of carbonyl (C=O) groups is 2. The predicted octanol–water partition coefficient (Wildman–Crippen LogP) is 1.35. The van der Waals surface area contributed by atoms with E-state index in [0.717, 1.165) is 38.5 Å². The van der Waals surface area contributed by atoms with E-state index in [0.29, 0.717) is 12.5 Å². The number of aliphatic carboxylic acids is 1. The number of amides is 2. The highest BCUT2D eigenvalue weighted by atomic mass is 16.5. The fourth-order valence-electron chi connectivity index (χ4n) is 4.32. The molecule has 0 saturated heterocycles. The molecule has 3 aliphatic rings. The summed E-state index contributed by atoms with van der Waals surface area (Å²) >= 11 is 0. The molecule has 0 spiro atoms. The molecule has 3 rings (SSSR count). The molecule has 0 aromatic carbocycles. The Kier molecular flexibility index (Phi) is 3.82. The Labute approximate surface area is 124 Å². The zero-order valence-corrected chi connectivity index (χ0v) is 12.4. The van der Waals surface area contributed by atoms with Gasteiger partial charge in [-0.3, -0.25) is 4.79 Å². The minimum Gasteiger partial charge on any atom is -0.481 e. The van der Waals surface area contributed by atoms with Crippen molar-refractivity contribution >= 4 is 12.0 Å². The van der Waals surface area contributed by atoms with Crippen molar-refractivity contribution in [1.29, 1.82) is 0 Å². The monoisotopic (exact) mass is 296 g/mol. The van der Waals surface area contributed by atoms with Crippen LogP contribution in [0.25, 0.3) is 0 Å². The quantitative estimate of drug-likeness (QED) is 0.714. The van der Waals surface area contributed by atoms with Crippen LogP contribution in [0.3, 0.4) is 0 Å². The van der Waals surface area contributed by atoms with Gasteiger partial charge in [0.15, 0.2) is 0 Å². The van der Waals surface area contributed by atoms with Gasteiger partial charge in [0.2, 0.25) is 0 Å². The highest BCUT2D eigenvalue weighted by molar-refractivity contribution is 5.77. The van der Waals surface area contributed by atoms with Gasteiger partial charge in [0.1, 0.15) is 0 Å². The molecule has 4 atom stereocenters. The van der Waals surface area contributed by atoms with Crippen LogP contribution in [0, 0.1) is 17.8 Å². The van der Waals surface area contributed by atoms with Gasteiger partial charge >= 0.3 is 12.0 Å². The van der Waals surface area contributed by atoms with E-state index >= 15 is 0 Å². The Balaban J connectivity index is 1.53. The lowest BCUT2D eigenvalue weighted by Crippen LogP contribution is -2.55. The minimum atomic E-state index is -0.778. The molecular formula is C15H24N2O4. The van der Waals surface area contributed by atoms with Crippen molar-refractivity contribution < 1.29 is 19.4 Å². The van der Waals surface area contributed by atoms with Gasteiger partial charge < -0.3 is 20.5 Å². The van der Waals surface area contributed by atoms with E-state index in [4.69, 9.17) is 4.74 Å². The molecule has 3 fully saturated rings. The molecule has 0 heterocycles. The molecule has 3 saturated carbocycles. The van der Waals surface area contributed by atoms with Crippen molar-refractivity contribution in [1.82, 2.24) is 10.6 Å². The molecule has 6 heteroatoms. The van der Waals surface area contributed by atoms with E-state index in [2.05, 4.69) is 10.6 Å². The lowest BCUT2D eigenvalue weighted by Gasteiger charge is -2.40. The molecular weight excluding hydrogens is 272 g/mol. The molecule has 2 bridgehead atoms. The summed E-state index contributed by atoms with van der Waals surface area (Å²) in [6.45, 7) is 0.494. The van der Waals surface area contributed by atoms with E-state index in [1.807, 2.05) is 0 Å². The maximum Gasteiger partial charge on any atom is 0.315 e. The second kappa shape index (κ2) is 5.48. The Hall–Kier alpha value is -1.30. The Morgan fingerprint density at radius 1 is 1.29 bits per heavy atom. The summed E-state index contributed by atoms with van der Waals surface area (Å²) in [7, 11) is 1.68. The van der Waals surface area contributed by atoms with Crippen molar-refractivity contribution in [3.8, 4) is 0 Å². The smallest absolute Gasteiger partial charge is 0.315 e. The molecule has 2 amide bonds. The zero-order chi connectivity index (χ0) is 15.0. The Morgan fingerprint density at radius 2 is 2.00 bits per heavy atom. The van der Waals surface area contributed by atoms with E-state index in [9.17, 15) is 14.7 Å². The SMILES string of the molecule is COC1(CNC(=O)NC2C3CCC(C3)C2C(=O)O)CCC1. The summed E-state index contributed by atoms with van der Waals surface area (Å²) in [5.41, 5.74) is -0.210. The lowest BCUT2D eigenvalue weighted by molar-refractivity contribution is -0.144. The predicted molar refractivity (Wildman–Crippen MR) is 75.9 cm³/mol. The lowest BCUT2D eigenvalue weighted by atomic mass is 9.80. The van der Waals surface area contributed by atoms with Crippen LogP contribution < -0.4 is 10.6 Å². The normalized spacial score (nSPS) is 36.0. The standard InChI is InChI=1S/C15H24N2O4/c1-21-15(5-2-6-15)8-16-14(20)17-12-10-4-3-9(7-10)11(12)13(18)19/h9-12H,2-8H2,1H3,(H,18,19)(H2,16,17,20). The molecule has 0 aromatic rings. The fourth-order valence-corrected chi connectivity index (χ4v) is 4.32. The molecule has 6 nitrogen and oxygen atoms in total. The first-order valence-electron chi connectivity index (χ1n) is 7.87. The fraction of sp³-hybridized carbons (Fsp3) is 0.867.